The fourth-order valence-corrected chi connectivity index (χ4v) is 9.13. The van der Waals surface area contributed by atoms with E-state index in [0.29, 0.717) is 52.3 Å². The average Bonchev–Trinajstić information content (AvgIpc) is 3.92. The largest absolute Gasteiger partial charge is 0.489 e. The van der Waals surface area contributed by atoms with Crippen molar-refractivity contribution in [3.8, 4) is 28.7 Å². The summed E-state index contributed by atoms with van der Waals surface area (Å²) >= 11 is 3.41. The van der Waals surface area contributed by atoms with Crippen molar-refractivity contribution < 1.29 is 29.1 Å². The number of carbonyl (C=O) groups excluding carboxylic acids is 2. The number of hydrogen-bond donors (Lipinski definition) is 2. The maximum Gasteiger partial charge on any atom is 0.488 e. The summed E-state index contributed by atoms with van der Waals surface area (Å²) in [6.07, 6.45) is 5.01. The minimum Gasteiger partial charge on any atom is -0.489 e. The number of nitrogens with zero attached hydrogens (tertiary/aromatic N) is 2. The van der Waals surface area contributed by atoms with Crippen LogP contribution in [0.25, 0.3) is 16.0 Å². The van der Waals surface area contributed by atoms with E-state index < -0.39 is 7.12 Å². The number of benzene rings is 6. The molecular formula is C50H40BBrN2O6. The molecule has 2 heterocycles. The first-order valence-electron chi connectivity index (χ1n) is 20.0. The van der Waals surface area contributed by atoms with Crippen molar-refractivity contribution in [2.75, 3.05) is 0 Å². The highest BCUT2D eigenvalue weighted by Crippen LogP contribution is 2.43. The molecule has 0 aromatic heterocycles. The van der Waals surface area contributed by atoms with E-state index >= 15 is 0 Å². The first-order chi connectivity index (χ1) is 29.2. The zero-order valence-corrected chi connectivity index (χ0v) is 34.2. The van der Waals surface area contributed by atoms with Gasteiger partial charge in [0.1, 0.15) is 23.7 Å². The maximum atomic E-state index is 12.9. The predicted molar refractivity (Wildman–Crippen MR) is 235 cm³/mol. The van der Waals surface area contributed by atoms with Crippen LogP contribution >= 0.6 is 15.9 Å². The lowest BCUT2D eigenvalue weighted by Crippen LogP contribution is -2.31. The molecule has 10 heteroatoms. The van der Waals surface area contributed by atoms with Gasteiger partial charge in [0.15, 0.2) is 17.3 Å². The van der Waals surface area contributed by atoms with Gasteiger partial charge in [0.25, 0.3) is 0 Å². The van der Waals surface area contributed by atoms with Gasteiger partial charge in [0, 0.05) is 29.2 Å². The molecule has 0 bridgehead atoms. The minimum absolute atomic E-state index is 0.0326. The highest BCUT2D eigenvalue weighted by molar-refractivity contribution is 9.10. The van der Waals surface area contributed by atoms with Crippen LogP contribution < -0.4 is 14.9 Å². The average molecular weight is 856 g/mol. The number of Topliss-reactive ketones (excluding diaryl/α,β-unsaturated/α-hetero) is 2. The van der Waals surface area contributed by atoms with Crippen LogP contribution in [-0.2, 0) is 12.8 Å². The van der Waals surface area contributed by atoms with Crippen LogP contribution in [0.15, 0.2) is 138 Å². The lowest BCUT2D eigenvalue weighted by atomic mass is 9.80. The first kappa shape index (κ1) is 40.5. The van der Waals surface area contributed by atoms with Crippen LogP contribution in [0.1, 0.15) is 86.1 Å². The van der Waals surface area contributed by atoms with Crippen molar-refractivity contribution in [3.63, 3.8) is 0 Å². The van der Waals surface area contributed by atoms with Gasteiger partial charge < -0.3 is 19.5 Å². The zero-order valence-electron chi connectivity index (χ0n) is 32.6. The van der Waals surface area contributed by atoms with Crippen LogP contribution in [0.2, 0.25) is 0 Å². The van der Waals surface area contributed by atoms with E-state index in [4.69, 9.17) is 31.4 Å². The molecule has 0 fully saturated rings. The molecule has 6 aromatic carbocycles. The molecule has 0 spiro atoms. The fraction of sp³-hybridized carbons (Fsp3) is 0.200. The highest BCUT2D eigenvalue weighted by atomic mass is 79.9. The summed E-state index contributed by atoms with van der Waals surface area (Å²) in [6.45, 7) is 7.19. The number of fused-ring (bicyclic) bond motifs is 4. The molecule has 0 saturated heterocycles. The van der Waals surface area contributed by atoms with Gasteiger partial charge >= 0.3 is 7.12 Å². The monoisotopic (exact) mass is 854 g/mol. The Morgan fingerprint density at radius 3 is 1.83 bits per heavy atom. The van der Waals surface area contributed by atoms with Crippen LogP contribution in [0.5, 0.6) is 11.5 Å². The summed E-state index contributed by atoms with van der Waals surface area (Å²) in [5.74, 6) is 2.34. The zero-order chi connectivity index (χ0) is 41.8. The van der Waals surface area contributed by atoms with Crippen LogP contribution in [0, 0.1) is 17.9 Å². The molecule has 4 atom stereocenters. The van der Waals surface area contributed by atoms with Gasteiger partial charge in [0.2, 0.25) is 0 Å². The van der Waals surface area contributed by atoms with Crippen LogP contribution in [0.3, 0.4) is 0 Å². The lowest BCUT2D eigenvalue weighted by molar-refractivity contribution is 0.0798. The Morgan fingerprint density at radius 2 is 1.23 bits per heavy atom. The summed E-state index contributed by atoms with van der Waals surface area (Å²) < 4.78 is 13.4. The molecule has 0 radical (unpaired) electrons. The first-order valence-corrected chi connectivity index (χ1v) is 20.8. The second-order valence-corrected chi connectivity index (χ2v) is 16.3. The van der Waals surface area contributed by atoms with Crippen LogP contribution in [0.4, 0.5) is 5.69 Å². The number of aryl methyl sites for hydroxylation is 2. The Labute approximate surface area is 358 Å². The normalized spacial score (nSPS) is 19.1. The van der Waals surface area contributed by atoms with Gasteiger partial charge in [-0.15, -0.1) is 0 Å². The third-order valence-corrected chi connectivity index (χ3v) is 12.2. The molecule has 4 unspecified atom stereocenters. The molecule has 2 aliphatic heterocycles. The molecule has 8 nitrogen and oxygen atoms in total. The van der Waals surface area contributed by atoms with Gasteiger partial charge in [-0.3, -0.25) is 9.59 Å². The third-order valence-electron chi connectivity index (χ3n) is 11.7. The van der Waals surface area contributed by atoms with E-state index in [1.807, 2.05) is 60.7 Å². The van der Waals surface area contributed by atoms with Crippen LogP contribution in [-0.4, -0.2) is 40.9 Å². The van der Waals surface area contributed by atoms with Crippen molar-refractivity contribution in [3.05, 3.63) is 188 Å². The number of hydrogen-bond acceptors (Lipinski definition) is 7. The topological polar surface area (TPSA) is 121 Å². The highest BCUT2D eigenvalue weighted by Gasteiger charge is 2.38. The predicted octanol–water partition coefficient (Wildman–Crippen LogP) is 9.72. The SMILES string of the molecule is N#Cc1cccc(B(O)O)c1.O=C1CC(C2CCc3ccccc32)Oc2ccc(Br)cc21.[C-]#[N+]c1cccc(-c2ccc3c(c2)C(=O)CC(C2CCc4ccccc42)O3)c1. The van der Waals surface area contributed by atoms with E-state index in [9.17, 15) is 9.59 Å². The standard InChI is InChI=1S/C25H19NO2.C18H15BrO2.C7H6BNO2/c1-26-19-7-4-6-17(13-19)18-10-12-24-22(14-18)23(27)15-25(28-24)21-11-9-16-5-2-3-8-20(16)21;19-12-6-8-17-15(9-12)16(20)10-18(21-17)14-7-5-11-3-1-2-4-13(11)14;9-5-6-2-1-3-7(4-6)8(10)11/h2-8,10,12-14,21,25H,9,11,15H2;1-4,6,8-9,14,18H,5,7,10H2;1-4,10-11H. The Kier molecular flexibility index (Phi) is 12.1. The summed E-state index contributed by atoms with van der Waals surface area (Å²) in [7, 11) is -1.50. The van der Waals surface area contributed by atoms with Crippen molar-refractivity contribution in [2.24, 2.45) is 0 Å². The lowest BCUT2D eigenvalue weighted by Gasteiger charge is -2.30. The molecule has 2 N–H and O–H groups in total. The van der Waals surface area contributed by atoms with Crippen molar-refractivity contribution in [2.45, 2.75) is 62.6 Å². The number of carbonyl (C=O) groups is 2. The molecule has 2 aliphatic carbocycles. The van der Waals surface area contributed by atoms with Crippen molar-refractivity contribution in [1.29, 1.82) is 5.26 Å². The van der Waals surface area contributed by atoms with Gasteiger partial charge in [0.05, 0.1) is 29.3 Å². The van der Waals surface area contributed by atoms with E-state index in [1.54, 1.807) is 24.3 Å². The second-order valence-electron chi connectivity index (χ2n) is 15.4. The van der Waals surface area contributed by atoms with Gasteiger partial charge in [-0.1, -0.05) is 101 Å². The van der Waals surface area contributed by atoms with Gasteiger partial charge in [-0.05, 0) is 113 Å². The van der Waals surface area contributed by atoms with Gasteiger partial charge in [-0.2, -0.15) is 5.26 Å². The van der Waals surface area contributed by atoms with E-state index in [1.165, 1.54) is 28.3 Å². The quantitative estimate of drug-likeness (QED) is 0.134. The number of halogens is 1. The molecule has 0 saturated carbocycles. The Balaban J connectivity index is 0.000000137. The molecular weight excluding hydrogens is 815 g/mol. The molecule has 10 rings (SSSR count). The molecule has 6 aromatic rings. The molecule has 296 valence electrons. The van der Waals surface area contributed by atoms with Gasteiger partial charge in [-0.25, -0.2) is 4.85 Å². The Hall–Kier alpha value is -6.30. The maximum absolute atomic E-state index is 12.9. The smallest absolute Gasteiger partial charge is 0.488 e. The molecule has 4 aliphatic rings. The Bertz CT molecular complexity index is 2690. The minimum atomic E-state index is -1.50. The molecule has 0 amide bonds. The van der Waals surface area contributed by atoms with Crippen molar-refractivity contribution in [1.82, 2.24) is 0 Å². The number of ketones is 2. The third kappa shape index (κ3) is 8.69. The summed E-state index contributed by atoms with van der Waals surface area (Å²) in [4.78, 5) is 28.8. The van der Waals surface area contributed by atoms with Crippen molar-refractivity contribution >= 4 is 45.8 Å². The molecule has 60 heavy (non-hydrogen) atoms. The van der Waals surface area contributed by atoms with E-state index in [-0.39, 0.29) is 29.7 Å². The summed E-state index contributed by atoms with van der Waals surface area (Å²) in [5.41, 5.74) is 10.1. The Morgan fingerprint density at radius 1 is 0.667 bits per heavy atom. The summed E-state index contributed by atoms with van der Waals surface area (Å²) in [6, 6.07) is 44.0. The fourth-order valence-electron chi connectivity index (χ4n) is 8.77. The number of rotatable bonds is 4. The van der Waals surface area contributed by atoms with E-state index in [2.05, 4.69) is 69.3 Å². The summed E-state index contributed by atoms with van der Waals surface area (Å²) in [5, 5.41) is 25.8. The second kappa shape index (κ2) is 17.9. The number of nitriles is 1. The number of ether oxygens (including phenoxy) is 2. The van der Waals surface area contributed by atoms with E-state index in [0.717, 1.165) is 47.0 Å².